The highest BCUT2D eigenvalue weighted by Gasteiger charge is 2.14. The minimum atomic E-state index is -0.300. The molecule has 0 aliphatic rings. The number of rotatable bonds is 6. The number of Topliss-reactive ketones (excluding diaryl/α,β-unsaturated/α-hetero) is 1. The molecule has 0 saturated carbocycles. The smallest absolute Gasteiger partial charge is 0.172 e. The van der Waals surface area contributed by atoms with Gasteiger partial charge in [-0.05, 0) is 29.8 Å². The zero-order valence-corrected chi connectivity index (χ0v) is 13.7. The third-order valence-corrected chi connectivity index (χ3v) is 3.89. The summed E-state index contributed by atoms with van der Waals surface area (Å²) in [5, 5.41) is 10.5. The largest absolute Gasteiger partial charge is 0.504 e. The molecule has 5 heteroatoms. The number of hydrogen-bond acceptors (Lipinski definition) is 4. The minimum Gasteiger partial charge on any atom is -0.504 e. The highest BCUT2D eigenvalue weighted by atomic mass is 16.5. The van der Waals surface area contributed by atoms with Crippen LogP contribution in [0.4, 0.5) is 0 Å². The number of phenolic OH excluding ortho intramolecular Hbond substituents is 1. The van der Waals surface area contributed by atoms with Crippen LogP contribution in [0.2, 0.25) is 0 Å². The summed E-state index contributed by atoms with van der Waals surface area (Å²) in [7, 11) is 1.46. The van der Waals surface area contributed by atoms with Gasteiger partial charge in [-0.15, -0.1) is 0 Å². The van der Waals surface area contributed by atoms with Crippen molar-refractivity contribution in [2.45, 2.75) is 6.42 Å². The Kier molecular flexibility index (Phi) is 4.66. The van der Waals surface area contributed by atoms with E-state index >= 15 is 0 Å². The Balaban J connectivity index is 1.69. The highest BCUT2D eigenvalue weighted by Crippen LogP contribution is 2.26. The fourth-order valence-corrected chi connectivity index (χ4v) is 2.61. The molecule has 2 aromatic carbocycles. The Morgan fingerprint density at radius 2 is 2.00 bits per heavy atom. The van der Waals surface area contributed by atoms with E-state index in [0.29, 0.717) is 16.9 Å². The van der Waals surface area contributed by atoms with Crippen molar-refractivity contribution in [2.75, 3.05) is 7.11 Å². The number of methoxy groups -OCH3 is 1. The van der Waals surface area contributed by atoms with E-state index in [4.69, 9.17) is 4.74 Å². The Bertz CT molecular complexity index is 969. The first-order valence-corrected chi connectivity index (χ1v) is 7.75. The van der Waals surface area contributed by atoms with Crippen molar-refractivity contribution in [3.63, 3.8) is 0 Å². The van der Waals surface area contributed by atoms with Gasteiger partial charge in [0, 0.05) is 22.7 Å². The summed E-state index contributed by atoms with van der Waals surface area (Å²) < 4.78 is 4.97. The van der Waals surface area contributed by atoms with Gasteiger partial charge in [0.2, 0.25) is 0 Å². The van der Waals surface area contributed by atoms with Crippen LogP contribution in [0.5, 0.6) is 11.5 Å². The first-order chi connectivity index (χ1) is 12.1. The van der Waals surface area contributed by atoms with Crippen LogP contribution < -0.4 is 4.74 Å². The standard InChI is InChI=1S/C20H17NO4/c1-25-20-9-7-13(10-19(20)24)6-8-14(22)11-18(23)16-12-21-17-5-3-2-4-15(16)17/h2-10,12,21,24H,11H2,1H3. The molecule has 0 unspecified atom stereocenters. The second kappa shape index (κ2) is 7.05. The number of aromatic hydroxyl groups is 1. The number of allylic oxidation sites excluding steroid dienone is 1. The van der Waals surface area contributed by atoms with Crippen molar-refractivity contribution in [3.8, 4) is 11.5 Å². The third kappa shape index (κ3) is 3.61. The second-order valence-electron chi connectivity index (χ2n) is 5.58. The lowest BCUT2D eigenvalue weighted by molar-refractivity contribution is -0.113. The van der Waals surface area contributed by atoms with Crippen molar-refractivity contribution < 1.29 is 19.4 Å². The van der Waals surface area contributed by atoms with Crippen LogP contribution in [0.3, 0.4) is 0 Å². The average Bonchev–Trinajstić information content (AvgIpc) is 3.04. The van der Waals surface area contributed by atoms with Gasteiger partial charge in [-0.1, -0.05) is 30.3 Å². The summed E-state index contributed by atoms with van der Waals surface area (Å²) in [6.45, 7) is 0. The molecule has 0 bridgehead atoms. The summed E-state index contributed by atoms with van der Waals surface area (Å²) in [5.41, 5.74) is 2.02. The molecule has 0 aliphatic heterocycles. The quantitative estimate of drug-likeness (QED) is 0.409. The Labute approximate surface area is 144 Å². The molecule has 25 heavy (non-hydrogen) atoms. The molecule has 1 aromatic heterocycles. The monoisotopic (exact) mass is 335 g/mol. The molecule has 126 valence electrons. The molecule has 1 heterocycles. The van der Waals surface area contributed by atoms with Gasteiger partial charge in [-0.25, -0.2) is 0 Å². The summed E-state index contributed by atoms with van der Waals surface area (Å²) in [4.78, 5) is 27.4. The van der Waals surface area contributed by atoms with E-state index < -0.39 is 0 Å². The van der Waals surface area contributed by atoms with E-state index in [1.54, 1.807) is 24.4 Å². The van der Waals surface area contributed by atoms with E-state index in [1.165, 1.54) is 19.3 Å². The summed E-state index contributed by atoms with van der Waals surface area (Å²) in [6.07, 6.45) is 4.32. The van der Waals surface area contributed by atoms with Gasteiger partial charge in [0.05, 0.1) is 13.5 Å². The van der Waals surface area contributed by atoms with E-state index in [1.807, 2.05) is 24.3 Å². The van der Waals surface area contributed by atoms with E-state index in [-0.39, 0.29) is 23.7 Å². The van der Waals surface area contributed by atoms with E-state index in [9.17, 15) is 14.7 Å². The van der Waals surface area contributed by atoms with Crippen molar-refractivity contribution in [3.05, 3.63) is 65.9 Å². The van der Waals surface area contributed by atoms with E-state index in [0.717, 1.165) is 10.9 Å². The van der Waals surface area contributed by atoms with Gasteiger partial charge in [0.15, 0.2) is 23.1 Å². The highest BCUT2D eigenvalue weighted by molar-refractivity contribution is 6.16. The minimum absolute atomic E-state index is 0.00744. The van der Waals surface area contributed by atoms with Gasteiger partial charge in [-0.2, -0.15) is 0 Å². The van der Waals surface area contributed by atoms with Crippen molar-refractivity contribution in [1.29, 1.82) is 0 Å². The average molecular weight is 335 g/mol. The maximum absolute atomic E-state index is 12.3. The van der Waals surface area contributed by atoms with E-state index in [2.05, 4.69) is 4.98 Å². The Morgan fingerprint density at radius 3 is 2.76 bits per heavy atom. The second-order valence-corrected chi connectivity index (χ2v) is 5.58. The lowest BCUT2D eigenvalue weighted by Gasteiger charge is -2.03. The van der Waals surface area contributed by atoms with Crippen LogP contribution in [0.1, 0.15) is 22.3 Å². The van der Waals surface area contributed by atoms with Crippen molar-refractivity contribution in [2.24, 2.45) is 0 Å². The molecule has 0 amide bonds. The first kappa shape index (κ1) is 16.5. The van der Waals surface area contributed by atoms with Crippen LogP contribution in [0, 0.1) is 0 Å². The van der Waals surface area contributed by atoms with Crippen LogP contribution >= 0.6 is 0 Å². The molecule has 0 aliphatic carbocycles. The van der Waals surface area contributed by atoms with Crippen LogP contribution in [0.15, 0.2) is 54.7 Å². The maximum atomic E-state index is 12.3. The molecular formula is C20H17NO4. The third-order valence-electron chi connectivity index (χ3n) is 3.89. The van der Waals surface area contributed by atoms with Crippen LogP contribution in [-0.4, -0.2) is 28.8 Å². The van der Waals surface area contributed by atoms with Gasteiger partial charge in [0.25, 0.3) is 0 Å². The molecule has 0 saturated heterocycles. The lowest BCUT2D eigenvalue weighted by Crippen LogP contribution is -2.05. The SMILES string of the molecule is COc1ccc(C=CC(=O)CC(=O)c2c[nH]c3ccccc23)cc1O. The number of benzene rings is 2. The molecule has 3 aromatic rings. The number of hydrogen-bond donors (Lipinski definition) is 2. The number of phenols is 1. The predicted molar refractivity (Wildman–Crippen MR) is 95.9 cm³/mol. The molecule has 0 spiro atoms. The number of carbonyl (C=O) groups is 2. The molecule has 5 nitrogen and oxygen atoms in total. The fourth-order valence-electron chi connectivity index (χ4n) is 2.61. The predicted octanol–water partition coefficient (Wildman–Crippen LogP) is 3.74. The number of H-pyrrole nitrogens is 1. The summed E-state index contributed by atoms with van der Waals surface area (Å²) in [5.74, 6) is -0.180. The number of carbonyl (C=O) groups excluding carboxylic acids is 2. The fraction of sp³-hybridized carbons (Fsp3) is 0.100. The number of ketones is 2. The number of aromatic amines is 1. The maximum Gasteiger partial charge on any atom is 0.172 e. The molecule has 3 rings (SSSR count). The molecule has 0 fully saturated rings. The number of nitrogens with one attached hydrogen (secondary N) is 1. The van der Waals surface area contributed by atoms with Crippen LogP contribution in [0.25, 0.3) is 17.0 Å². The van der Waals surface area contributed by atoms with Gasteiger partial charge >= 0.3 is 0 Å². The zero-order valence-electron chi connectivity index (χ0n) is 13.7. The van der Waals surface area contributed by atoms with Gasteiger partial charge < -0.3 is 14.8 Å². The number of aromatic nitrogens is 1. The van der Waals surface area contributed by atoms with Gasteiger partial charge in [0.1, 0.15) is 0 Å². The molecular weight excluding hydrogens is 318 g/mol. The molecule has 0 radical (unpaired) electrons. The normalized spacial score (nSPS) is 11.1. The molecule has 0 atom stereocenters. The summed E-state index contributed by atoms with van der Waals surface area (Å²) in [6, 6.07) is 12.3. The zero-order chi connectivity index (χ0) is 17.8. The molecule has 2 N–H and O–H groups in total. The topological polar surface area (TPSA) is 79.4 Å². The number of ether oxygens (including phenoxy) is 1. The van der Waals surface area contributed by atoms with Crippen molar-refractivity contribution in [1.82, 2.24) is 4.98 Å². The first-order valence-electron chi connectivity index (χ1n) is 7.75. The van der Waals surface area contributed by atoms with Crippen LogP contribution in [-0.2, 0) is 4.79 Å². The Morgan fingerprint density at radius 1 is 1.20 bits per heavy atom. The Hall–Kier alpha value is -3.34. The van der Waals surface area contributed by atoms with Gasteiger partial charge in [-0.3, -0.25) is 9.59 Å². The summed E-state index contributed by atoms with van der Waals surface area (Å²) >= 11 is 0. The lowest BCUT2D eigenvalue weighted by atomic mass is 10.0. The van der Waals surface area contributed by atoms with Crippen molar-refractivity contribution >= 4 is 28.5 Å². The number of fused-ring (bicyclic) bond motifs is 1. The number of para-hydroxylation sites is 1.